The van der Waals surface area contributed by atoms with Crippen molar-refractivity contribution < 1.29 is 9.53 Å². The van der Waals surface area contributed by atoms with Crippen molar-refractivity contribution in [1.29, 1.82) is 0 Å². The third-order valence-electron chi connectivity index (χ3n) is 2.97. The third-order valence-corrected chi connectivity index (χ3v) is 4.83. The Morgan fingerprint density at radius 3 is 2.75 bits per heavy atom. The van der Waals surface area contributed by atoms with E-state index in [9.17, 15) is 4.79 Å². The number of methoxy groups -OCH3 is 1. The zero-order chi connectivity index (χ0) is 14.7. The number of carbonyl (C=O) groups excluding carboxylic acids is 1. The topological polar surface area (TPSA) is 51.2 Å². The van der Waals surface area contributed by atoms with Crippen molar-refractivity contribution in [2.45, 2.75) is 26.8 Å². The number of rotatable bonds is 5. The normalized spacial score (nSPS) is 12.4. The van der Waals surface area contributed by atoms with Crippen LogP contribution in [0, 0.1) is 12.8 Å². The van der Waals surface area contributed by atoms with Gasteiger partial charge >= 0.3 is 5.97 Å². The van der Waals surface area contributed by atoms with Gasteiger partial charge in [0.2, 0.25) is 0 Å². The molecule has 0 aliphatic carbocycles. The summed E-state index contributed by atoms with van der Waals surface area (Å²) in [4.78, 5) is 18.1. The van der Waals surface area contributed by atoms with Gasteiger partial charge in [-0.1, -0.05) is 19.9 Å². The molecule has 0 saturated heterocycles. The minimum absolute atomic E-state index is 0.200. The van der Waals surface area contributed by atoms with Crippen LogP contribution in [-0.4, -0.2) is 18.1 Å². The Morgan fingerprint density at radius 1 is 1.45 bits per heavy atom. The molecule has 4 nitrogen and oxygen atoms in total. The van der Waals surface area contributed by atoms with E-state index in [1.54, 1.807) is 11.3 Å². The van der Waals surface area contributed by atoms with Crippen molar-refractivity contribution in [3.8, 4) is 0 Å². The van der Waals surface area contributed by atoms with Crippen LogP contribution in [0.25, 0.3) is 0 Å². The maximum absolute atomic E-state index is 11.6. The van der Waals surface area contributed by atoms with Crippen LogP contribution in [-0.2, 0) is 4.74 Å². The van der Waals surface area contributed by atoms with Crippen LogP contribution in [0.1, 0.15) is 40.1 Å². The van der Waals surface area contributed by atoms with Crippen molar-refractivity contribution in [2.75, 3.05) is 12.4 Å². The molecule has 0 spiro atoms. The summed E-state index contributed by atoms with van der Waals surface area (Å²) in [7, 11) is 1.37. The van der Waals surface area contributed by atoms with E-state index in [0.29, 0.717) is 11.6 Å². The Bertz CT molecular complexity index is 576. The zero-order valence-corrected chi connectivity index (χ0v) is 13.6. The molecule has 1 N–H and O–H groups in total. The Hall–Kier alpha value is -1.40. The van der Waals surface area contributed by atoms with Gasteiger partial charge in [-0.2, -0.15) is 0 Å². The lowest BCUT2D eigenvalue weighted by Gasteiger charge is -2.20. The zero-order valence-electron chi connectivity index (χ0n) is 12.0. The van der Waals surface area contributed by atoms with Gasteiger partial charge in [0.15, 0.2) is 10.8 Å². The molecular formula is C14H18N2O2S2. The molecule has 0 bridgehead atoms. The summed E-state index contributed by atoms with van der Waals surface area (Å²) >= 11 is 3.21. The number of hydrogen-bond acceptors (Lipinski definition) is 6. The summed E-state index contributed by atoms with van der Waals surface area (Å²) in [6, 6.07) is 4.36. The third kappa shape index (κ3) is 3.19. The van der Waals surface area contributed by atoms with Crippen LogP contribution >= 0.6 is 22.7 Å². The van der Waals surface area contributed by atoms with E-state index in [-0.39, 0.29) is 12.0 Å². The van der Waals surface area contributed by atoms with Crippen molar-refractivity contribution in [2.24, 2.45) is 5.92 Å². The Kier molecular flexibility index (Phi) is 4.77. The molecule has 0 fully saturated rings. The smallest absolute Gasteiger partial charge is 0.357 e. The molecule has 6 heteroatoms. The maximum Gasteiger partial charge on any atom is 0.357 e. The number of thiazole rings is 1. The fourth-order valence-corrected chi connectivity index (χ4v) is 3.70. The molecule has 0 amide bonds. The summed E-state index contributed by atoms with van der Waals surface area (Å²) in [5.74, 6) is 0.0449. The van der Waals surface area contributed by atoms with Crippen LogP contribution in [0.3, 0.4) is 0 Å². The molecule has 2 rings (SSSR count). The number of nitrogens with zero attached hydrogens (tertiary/aromatic N) is 1. The second kappa shape index (κ2) is 6.37. The summed E-state index contributed by atoms with van der Waals surface area (Å²) in [6.45, 7) is 6.21. The number of esters is 1. The Morgan fingerprint density at radius 2 is 2.20 bits per heavy atom. The predicted molar refractivity (Wildman–Crippen MR) is 83.7 cm³/mol. The first kappa shape index (κ1) is 15.0. The van der Waals surface area contributed by atoms with E-state index in [1.807, 2.05) is 13.0 Å². The van der Waals surface area contributed by atoms with Gasteiger partial charge in [0, 0.05) is 9.75 Å². The summed E-state index contributed by atoms with van der Waals surface area (Å²) in [5.41, 5.74) is 0.397. The number of thiophene rings is 1. The van der Waals surface area contributed by atoms with Crippen LogP contribution in [0.5, 0.6) is 0 Å². The first-order chi connectivity index (χ1) is 9.52. The van der Waals surface area contributed by atoms with Gasteiger partial charge in [-0.3, -0.25) is 0 Å². The van der Waals surface area contributed by atoms with Crippen LogP contribution in [0.15, 0.2) is 17.5 Å². The highest BCUT2D eigenvalue weighted by Crippen LogP contribution is 2.32. The highest BCUT2D eigenvalue weighted by atomic mass is 32.1. The van der Waals surface area contributed by atoms with Gasteiger partial charge < -0.3 is 10.1 Å². The predicted octanol–water partition coefficient (Wildman–Crippen LogP) is 4.11. The van der Waals surface area contributed by atoms with Crippen LogP contribution in [0.2, 0.25) is 0 Å². The molecule has 0 saturated carbocycles. The second-order valence-electron chi connectivity index (χ2n) is 4.80. The van der Waals surface area contributed by atoms with Crippen molar-refractivity contribution in [3.05, 3.63) is 33.0 Å². The minimum Gasteiger partial charge on any atom is -0.464 e. The monoisotopic (exact) mass is 310 g/mol. The largest absolute Gasteiger partial charge is 0.464 e. The molecule has 0 aromatic carbocycles. The molecule has 2 aromatic heterocycles. The van der Waals surface area contributed by atoms with Gasteiger partial charge in [-0.15, -0.1) is 22.7 Å². The van der Waals surface area contributed by atoms with Gasteiger partial charge in [0.05, 0.1) is 13.2 Å². The fraction of sp³-hybridized carbons (Fsp3) is 0.429. The molecule has 20 heavy (non-hydrogen) atoms. The number of nitrogens with one attached hydrogen (secondary N) is 1. The Labute approximate surface area is 126 Å². The van der Waals surface area contributed by atoms with Gasteiger partial charge in [-0.25, -0.2) is 9.78 Å². The average molecular weight is 310 g/mol. The first-order valence-electron chi connectivity index (χ1n) is 6.38. The lowest BCUT2D eigenvalue weighted by molar-refractivity contribution is 0.0594. The average Bonchev–Trinajstić information content (AvgIpc) is 3.04. The molecular weight excluding hydrogens is 292 g/mol. The number of aryl methyl sites for hydroxylation is 1. The quantitative estimate of drug-likeness (QED) is 0.844. The number of anilines is 1. The molecule has 0 aliphatic rings. The summed E-state index contributed by atoms with van der Waals surface area (Å²) in [6.07, 6.45) is 0. The molecule has 108 valence electrons. The van der Waals surface area contributed by atoms with Gasteiger partial charge in [0.25, 0.3) is 0 Å². The Balaban J connectivity index is 2.22. The number of ether oxygens (including phenoxy) is 1. The number of hydrogen-bond donors (Lipinski definition) is 1. The van der Waals surface area contributed by atoms with Crippen molar-refractivity contribution in [1.82, 2.24) is 4.98 Å². The molecule has 1 atom stereocenters. The highest BCUT2D eigenvalue weighted by Gasteiger charge is 2.21. The second-order valence-corrected chi connectivity index (χ2v) is 6.98. The van der Waals surface area contributed by atoms with Gasteiger partial charge in [0.1, 0.15) is 0 Å². The van der Waals surface area contributed by atoms with Crippen molar-refractivity contribution in [3.63, 3.8) is 0 Å². The summed E-state index contributed by atoms with van der Waals surface area (Å²) < 4.78 is 4.73. The lowest BCUT2D eigenvalue weighted by atomic mass is 10.0. The van der Waals surface area contributed by atoms with E-state index in [2.05, 4.69) is 35.6 Å². The molecule has 1 unspecified atom stereocenters. The maximum atomic E-state index is 11.6. The number of carbonyl (C=O) groups is 1. The lowest BCUT2D eigenvalue weighted by Crippen LogP contribution is -2.15. The van der Waals surface area contributed by atoms with E-state index < -0.39 is 0 Å². The summed E-state index contributed by atoms with van der Waals surface area (Å²) in [5, 5.41) is 6.26. The van der Waals surface area contributed by atoms with Crippen LogP contribution in [0.4, 0.5) is 5.13 Å². The molecule has 0 aliphatic heterocycles. The fourth-order valence-electron chi connectivity index (χ4n) is 1.91. The van der Waals surface area contributed by atoms with E-state index in [4.69, 9.17) is 4.74 Å². The van der Waals surface area contributed by atoms with Gasteiger partial charge in [-0.05, 0) is 24.3 Å². The van der Waals surface area contributed by atoms with Crippen LogP contribution < -0.4 is 5.32 Å². The standard InChI is InChI=1S/C14H18N2O2S2/c1-8(2)11(10-6-5-7-19-10)15-14-16-12(9(3)20-14)13(17)18-4/h5-8,11H,1-4H3,(H,15,16). The van der Waals surface area contributed by atoms with E-state index in [1.165, 1.54) is 23.3 Å². The molecule has 2 heterocycles. The molecule has 0 radical (unpaired) electrons. The number of aromatic nitrogens is 1. The minimum atomic E-state index is -0.385. The highest BCUT2D eigenvalue weighted by molar-refractivity contribution is 7.15. The van der Waals surface area contributed by atoms with E-state index >= 15 is 0 Å². The molecule has 2 aromatic rings. The van der Waals surface area contributed by atoms with Crippen molar-refractivity contribution >= 4 is 33.8 Å². The SMILES string of the molecule is COC(=O)c1nc(NC(c2cccs2)C(C)C)sc1C. The van der Waals surface area contributed by atoms with E-state index in [0.717, 1.165) is 10.0 Å². The first-order valence-corrected chi connectivity index (χ1v) is 8.08.